The normalized spacial score (nSPS) is 10.6. The highest BCUT2D eigenvalue weighted by Gasteiger charge is 2.07. The Morgan fingerprint density at radius 3 is 2.38 bits per heavy atom. The number of amides is 2. The van der Waals surface area contributed by atoms with Gasteiger partial charge in [-0.3, -0.25) is 9.59 Å². The van der Waals surface area contributed by atoms with Crippen LogP contribution in [-0.4, -0.2) is 18.0 Å². The molecule has 2 rings (SSSR count). The van der Waals surface area contributed by atoms with Crippen molar-refractivity contribution in [1.29, 1.82) is 0 Å². The maximum absolute atomic E-state index is 11.9. The average molecular weight is 323 g/mol. The summed E-state index contributed by atoms with van der Waals surface area (Å²) in [5, 5.41) is 6.66. The van der Waals surface area contributed by atoms with Crippen molar-refractivity contribution in [2.45, 2.75) is 26.7 Å². The van der Waals surface area contributed by atoms with Crippen LogP contribution in [0.4, 0.5) is 5.69 Å². The van der Waals surface area contributed by atoms with Crippen molar-refractivity contribution >= 4 is 23.7 Å². The Kier molecular flexibility index (Phi) is 6.25. The van der Waals surface area contributed by atoms with Crippen molar-refractivity contribution in [2.75, 3.05) is 5.32 Å². The molecule has 0 fully saturated rings. The summed E-state index contributed by atoms with van der Waals surface area (Å²) in [4.78, 5) is 23.6. The van der Waals surface area contributed by atoms with Crippen LogP contribution < -0.4 is 10.7 Å². The number of rotatable bonds is 6. The molecule has 0 radical (unpaired) electrons. The Hall–Kier alpha value is -2.95. The zero-order valence-electron chi connectivity index (χ0n) is 13.9. The number of hydrogen-bond acceptors (Lipinski definition) is 3. The first-order valence-electron chi connectivity index (χ1n) is 7.78. The predicted molar refractivity (Wildman–Crippen MR) is 96.0 cm³/mol. The smallest absolute Gasteiger partial charge is 0.240 e. The predicted octanol–water partition coefficient (Wildman–Crippen LogP) is 3.17. The van der Waals surface area contributed by atoms with Gasteiger partial charge in [0.2, 0.25) is 11.8 Å². The second-order valence-electron chi connectivity index (χ2n) is 5.55. The lowest BCUT2D eigenvalue weighted by atomic mass is 10.1. The highest BCUT2D eigenvalue weighted by Crippen LogP contribution is 2.14. The Labute approximate surface area is 141 Å². The van der Waals surface area contributed by atoms with E-state index in [9.17, 15) is 9.59 Å². The summed E-state index contributed by atoms with van der Waals surface area (Å²) in [5.74, 6) is -0.488. The van der Waals surface area contributed by atoms with Crippen molar-refractivity contribution in [3.05, 3.63) is 65.2 Å². The summed E-state index contributed by atoms with van der Waals surface area (Å²) in [6.07, 6.45) is 1.76. The van der Waals surface area contributed by atoms with E-state index < -0.39 is 0 Å². The molecule has 0 bridgehead atoms. The molecule has 2 aromatic rings. The molecule has 0 saturated carbocycles. The molecule has 0 saturated heterocycles. The van der Waals surface area contributed by atoms with E-state index >= 15 is 0 Å². The standard InChI is InChI=1S/C19H21N3O2/c1-14-8-9-17(12-15(14)2)21-18(23)10-11-19(24)22-20-13-16-6-4-3-5-7-16/h3-9,12-13H,10-11H2,1-2H3,(H,21,23)(H,22,24). The van der Waals surface area contributed by atoms with Crippen LogP contribution in [0.5, 0.6) is 0 Å². The molecule has 124 valence electrons. The number of nitrogens with one attached hydrogen (secondary N) is 2. The summed E-state index contributed by atoms with van der Waals surface area (Å²) in [6, 6.07) is 15.2. The van der Waals surface area contributed by atoms with Crippen molar-refractivity contribution in [2.24, 2.45) is 5.10 Å². The first-order valence-corrected chi connectivity index (χ1v) is 7.78. The maximum Gasteiger partial charge on any atom is 0.240 e. The number of hydrogen-bond donors (Lipinski definition) is 2. The molecule has 5 heteroatoms. The fourth-order valence-electron chi connectivity index (χ4n) is 2.04. The van der Waals surface area contributed by atoms with Crippen LogP contribution in [0, 0.1) is 13.8 Å². The van der Waals surface area contributed by atoms with Crippen LogP contribution in [0.25, 0.3) is 0 Å². The van der Waals surface area contributed by atoms with Gasteiger partial charge in [0.25, 0.3) is 0 Å². The third kappa shape index (κ3) is 5.68. The van der Waals surface area contributed by atoms with Gasteiger partial charge in [0.15, 0.2) is 0 Å². The first-order chi connectivity index (χ1) is 11.5. The molecule has 0 aliphatic carbocycles. The number of aryl methyl sites for hydroxylation is 2. The minimum absolute atomic E-state index is 0.0861. The molecule has 0 aliphatic heterocycles. The van der Waals surface area contributed by atoms with Gasteiger partial charge in [-0.15, -0.1) is 0 Å². The van der Waals surface area contributed by atoms with Gasteiger partial charge in [-0.25, -0.2) is 5.43 Å². The second kappa shape index (κ2) is 8.62. The fraction of sp³-hybridized carbons (Fsp3) is 0.211. The largest absolute Gasteiger partial charge is 0.326 e. The molecule has 0 aliphatic rings. The number of carbonyl (C=O) groups is 2. The van der Waals surface area contributed by atoms with Crippen molar-refractivity contribution in [1.82, 2.24) is 5.43 Å². The Bertz CT molecular complexity index is 740. The van der Waals surface area contributed by atoms with E-state index in [4.69, 9.17) is 0 Å². The Morgan fingerprint density at radius 1 is 0.958 bits per heavy atom. The third-order valence-electron chi connectivity index (χ3n) is 3.57. The fourth-order valence-corrected chi connectivity index (χ4v) is 2.04. The second-order valence-corrected chi connectivity index (χ2v) is 5.55. The van der Waals surface area contributed by atoms with Crippen molar-refractivity contribution in [3.8, 4) is 0 Å². The van der Waals surface area contributed by atoms with E-state index in [-0.39, 0.29) is 24.7 Å². The SMILES string of the molecule is Cc1ccc(NC(=O)CCC(=O)NN=Cc2ccccc2)cc1C. The van der Waals surface area contributed by atoms with E-state index in [1.54, 1.807) is 6.21 Å². The molecule has 0 aromatic heterocycles. The average Bonchev–Trinajstić information content (AvgIpc) is 2.57. The van der Waals surface area contributed by atoms with Gasteiger partial charge in [0, 0.05) is 18.5 Å². The molecule has 0 unspecified atom stereocenters. The van der Waals surface area contributed by atoms with Crippen LogP contribution >= 0.6 is 0 Å². The monoisotopic (exact) mass is 323 g/mol. The number of benzene rings is 2. The quantitative estimate of drug-likeness (QED) is 0.633. The van der Waals surface area contributed by atoms with Gasteiger partial charge in [-0.2, -0.15) is 5.10 Å². The zero-order chi connectivity index (χ0) is 17.4. The minimum Gasteiger partial charge on any atom is -0.326 e. The van der Waals surface area contributed by atoms with Crippen LogP contribution in [0.3, 0.4) is 0 Å². The molecule has 24 heavy (non-hydrogen) atoms. The molecule has 0 heterocycles. The first kappa shape index (κ1) is 17.4. The van der Waals surface area contributed by atoms with E-state index in [1.165, 1.54) is 5.56 Å². The van der Waals surface area contributed by atoms with Gasteiger partial charge in [0.05, 0.1) is 6.21 Å². The maximum atomic E-state index is 11.9. The van der Waals surface area contributed by atoms with Crippen LogP contribution in [0.15, 0.2) is 53.6 Å². The molecular formula is C19H21N3O2. The topological polar surface area (TPSA) is 70.6 Å². The molecule has 2 N–H and O–H groups in total. The van der Waals surface area contributed by atoms with E-state index in [2.05, 4.69) is 15.8 Å². The van der Waals surface area contributed by atoms with E-state index in [0.717, 1.165) is 16.8 Å². The minimum atomic E-state index is -0.294. The highest BCUT2D eigenvalue weighted by molar-refractivity contribution is 5.93. The number of anilines is 1. The Balaban J connectivity index is 1.73. The third-order valence-corrected chi connectivity index (χ3v) is 3.57. The van der Waals surface area contributed by atoms with E-state index in [0.29, 0.717) is 0 Å². The Morgan fingerprint density at radius 2 is 1.67 bits per heavy atom. The van der Waals surface area contributed by atoms with Gasteiger partial charge in [-0.05, 0) is 42.7 Å². The molecule has 5 nitrogen and oxygen atoms in total. The van der Waals surface area contributed by atoms with Crippen LogP contribution in [0.2, 0.25) is 0 Å². The van der Waals surface area contributed by atoms with E-state index in [1.807, 2.05) is 62.4 Å². The summed E-state index contributed by atoms with van der Waals surface area (Å²) >= 11 is 0. The van der Waals surface area contributed by atoms with Gasteiger partial charge in [0.1, 0.15) is 0 Å². The molecule has 2 amide bonds. The van der Waals surface area contributed by atoms with Gasteiger partial charge in [-0.1, -0.05) is 36.4 Å². The van der Waals surface area contributed by atoms with Crippen LogP contribution in [0.1, 0.15) is 29.5 Å². The molecule has 2 aromatic carbocycles. The lowest BCUT2D eigenvalue weighted by Gasteiger charge is -2.07. The summed E-state index contributed by atoms with van der Waals surface area (Å²) < 4.78 is 0. The number of carbonyl (C=O) groups excluding carboxylic acids is 2. The lowest BCUT2D eigenvalue weighted by Crippen LogP contribution is -2.20. The highest BCUT2D eigenvalue weighted by atomic mass is 16.2. The summed E-state index contributed by atoms with van der Waals surface area (Å²) in [7, 11) is 0. The van der Waals surface area contributed by atoms with Gasteiger partial charge < -0.3 is 5.32 Å². The van der Waals surface area contributed by atoms with Crippen molar-refractivity contribution < 1.29 is 9.59 Å². The lowest BCUT2D eigenvalue weighted by molar-refractivity contribution is -0.124. The number of nitrogens with zero attached hydrogens (tertiary/aromatic N) is 1. The summed E-state index contributed by atoms with van der Waals surface area (Å²) in [6.45, 7) is 4.00. The van der Waals surface area contributed by atoms with Crippen LogP contribution in [-0.2, 0) is 9.59 Å². The summed E-state index contributed by atoms with van der Waals surface area (Å²) in [5.41, 5.74) is 6.33. The molecule has 0 spiro atoms. The zero-order valence-corrected chi connectivity index (χ0v) is 13.9. The number of hydrazone groups is 1. The van der Waals surface area contributed by atoms with Gasteiger partial charge >= 0.3 is 0 Å². The van der Waals surface area contributed by atoms with Crippen molar-refractivity contribution in [3.63, 3.8) is 0 Å². The molecular weight excluding hydrogens is 302 g/mol. The molecule has 0 atom stereocenters.